The van der Waals surface area contributed by atoms with Gasteiger partial charge in [-0.15, -0.1) is 0 Å². The molecule has 6 nitrogen and oxygen atoms in total. The molecule has 0 atom stereocenters. The van der Waals surface area contributed by atoms with Crippen LogP contribution in [0.5, 0.6) is 0 Å². The number of hydrogen-bond donors (Lipinski definition) is 0. The number of nitro groups is 1. The van der Waals surface area contributed by atoms with Gasteiger partial charge >= 0.3 is 5.69 Å². The monoisotopic (exact) mass is 296 g/mol. The highest BCUT2D eigenvalue weighted by atomic mass is 35.5. The van der Waals surface area contributed by atoms with Crippen LogP contribution in [-0.2, 0) is 0 Å². The van der Waals surface area contributed by atoms with Crippen LogP contribution < -0.4 is 4.90 Å². The first-order chi connectivity index (χ1) is 9.41. The molecule has 2 aromatic rings. The number of para-hydroxylation sites is 1. The molecule has 104 valence electrons. The van der Waals surface area contributed by atoms with Gasteiger partial charge in [-0.25, -0.2) is 9.37 Å². The Morgan fingerprint density at radius 1 is 1.35 bits per heavy atom. The smallest absolute Gasteiger partial charge is 0.321 e. The van der Waals surface area contributed by atoms with Crippen LogP contribution in [0.1, 0.15) is 5.69 Å². The van der Waals surface area contributed by atoms with Gasteiger partial charge in [0, 0.05) is 7.05 Å². The fourth-order valence-corrected chi connectivity index (χ4v) is 2.01. The first kappa shape index (κ1) is 14.1. The van der Waals surface area contributed by atoms with Crippen molar-refractivity contribution in [2.75, 3.05) is 11.9 Å². The maximum absolute atomic E-state index is 13.8. The van der Waals surface area contributed by atoms with Gasteiger partial charge in [0.25, 0.3) is 0 Å². The van der Waals surface area contributed by atoms with Crippen molar-refractivity contribution in [3.8, 4) is 0 Å². The summed E-state index contributed by atoms with van der Waals surface area (Å²) in [5.74, 6) is -0.575. The second kappa shape index (κ2) is 5.38. The van der Waals surface area contributed by atoms with Gasteiger partial charge in [0.05, 0.1) is 10.6 Å². The van der Waals surface area contributed by atoms with Crippen LogP contribution in [0.2, 0.25) is 5.28 Å². The summed E-state index contributed by atoms with van der Waals surface area (Å²) < 4.78 is 13.8. The number of hydrogen-bond acceptors (Lipinski definition) is 5. The summed E-state index contributed by atoms with van der Waals surface area (Å²) in [6, 6.07) is 5.90. The maximum Gasteiger partial charge on any atom is 0.333 e. The molecule has 0 aliphatic heterocycles. The predicted octanol–water partition coefficient (Wildman–Crippen LogP) is 3.25. The number of anilines is 2. The molecule has 0 fully saturated rings. The molecule has 0 amide bonds. The van der Waals surface area contributed by atoms with Gasteiger partial charge in [-0.3, -0.25) is 10.1 Å². The Hall–Kier alpha value is -2.28. The Kier molecular flexibility index (Phi) is 3.80. The summed E-state index contributed by atoms with van der Waals surface area (Å²) in [6.07, 6.45) is 0. The van der Waals surface area contributed by atoms with Crippen LogP contribution in [0.25, 0.3) is 0 Å². The number of aryl methyl sites for hydroxylation is 1. The van der Waals surface area contributed by atoms with E-state index in [0.29, 0.717) is 0 Å². The minimum atomic E-state index is -0.613. The molecule has 0 aliphatic carbocycles. The molecular formula is C12H10ClFN4O2. The standard InChI is InChI=1S/C12H10ClFN4O2/c1-7-10(18(19)20)11(16-12(13)15-7)17(2)9-6-4-3-5-8(9)14/h3-6H,1-2H3. The zero-order chi connectivity index (χ0) is 14.9. The Balaban J connectivity index is 2.63. The van der Waals surface area contributed by atoms with Crippen molar-refractivity contribution in [1.29, 1.82) is 0 Å². The van der Waals surface area contributed by atoms with E-state index in [1.165, 1.54) is 37.1 Å². The lowest BCUT2D eigenvalue weighted by atomic mass is 10.2. The largest absolute Gasteiger partial charge is 0.333 e. The molecule has 8 heteroatoms. The van der Waals surface area contributed by atoms with E-state index in [4.69, 9.17) is 11.6 Å². The molecule has 0 N–H and O–H groups in total. The third-order valence-corrected chi connectivity index (χ3v) is 2.90. The number of rotatable bonds is 3. The average molecular weight is 297 g/mol. The van der Waals surface area contributed by atoms with Gasteiger partial charge < -0.3 is 4.90 Å². The van der Waals surface area contributed by atoms with Crippen molar-refractivity contribution in [2.24, 2.45) is 0 Å². The predicted molar refractivity (Wildman–Crippen MR) is 72.9 cm³/mol. The number of halogens is 2. The minimum Gasteiger partial charge on any atom is -0.321 e. The van der Waals surface area contributed by atoms with Crippen molar-refractivity contribution < 1.29 is 9.31 Å². The molecule has 0 unspecified atom stereocenters. The molecule has 0 spiro atoms. The molecule has 1 heterocycles. The highest BCUT2D eigenvalue weighted by Gasteiger charge is 2.26. The van der Waals surface area contributed by atoms with E-state index in [0.717, 1.165) is 0 Å². The van der Waals surface area contributed by atoms with Crippen LogP contribution in [-0.4, -0.2) is 21.9 Å². The molecular weight excluding hydrogens is 287 g/mol. The van der Waals surface area contributed by atoms with E-state index < -0.39 is 10.7 Å². The molecule has 20 heavy (non-hydrogen) atoms. The Morgan fingerprint density at radius 2 is 2.00 bits per heavy atom. The van der Waals surface area contributed by atoms with Crippen molar-refractivity contribution >= 4 is 28.8 Å². The van der Waals surface area contributed by atoms with E-state index in [1.54, 1.807) is 6.07 Å². The molecule has 1 aromatic heterocycles. The highest BCUT2D eigenvalue weighted by Crippen LogP contribution is 2.34. The number of nitrogens with zero attached hydrogens (tertiary/aromatic N) is 4. The summed E-state index contributed by atoms with van der Waals surface area (Å²) >= 11 is 5.73. The lowest BCUT2D eigenvalue weighted by molar-refractivity contribution is -0.385. The van der Waals surface area contributed by atoms with Crippen LogP contribution in [0.3, 0.4) is 0 Å². The van der Waals surface area contributed by atoms with Crippen molar-refractivity contribution in [3.05, 3.63) is 51.2 Å². The highest BCUT2D eigenvalue weighted by molar-refractivity contribution is 6.28. The Morgan fingerprint density at radius 3 is 2.60 bits per heavy atom. The van der Waals surface area contributed by atoms with Crippen molar-refractivity contribution in [1.82, 2.24) is 9.97 Å². The van der Waals surface area contributed by atoms with Gasteiger partial charge in [0.1, 0.15) is 11.5 Å². The quantitative estimate of drug-likeness (QED) is 0.494. The second-order valence-electron chi connectivity index (χ2n) is 4.02. The van der Waals surface area contributed by atoms with E-state index in [9.17, 15) is 14.5 Å². The lowest BCUT2D eigenvalue weighted by Crippen LogP contribution is -2.16. The zero-order valence-corrected chi connectivity index (χ0v) is 11.4. The molecule has 0 saturated heterocycles. The number of benzene rings is 1. The van der Waals surface area contributed by atoms with E-state index in [-0.39, 0.29) is 28.2 Å². The topological polar surface area (TPSA) is 72.2 Å². The Bertz CT molecular complexity index is 681. The molecule has 0 saturated carbocycles. The van der Waals surface area contributed by atoms with Crippen LogP contribution in [0.4, 0.5) is 21.6 Å². The third-order valence-electron chi connectivity index (χ3n) is 2.73. The summed E-state index contributed by atoms with van der Waals surface area (Å²) in [5, 5.41) is 11.0. The molecule has 2 rings (SSSR count). The van der Waals surface area contributed by atoms with E-state index >= 15 is 0 Å². The maximum atomic E-state index is 13.8. The van der Waals surface area contributed by atoms with Gasteiger partial charge in [0.15, 0.2) is 0 Å². The lowest BCUT2D eigenvalue weighted by Gasteiger charge is -2.19. The fourth-order valence-electron chi connectivity index (χ4n) is 1.80. The summed E-state index contributed by atoms with van der Waals surface area (Å²) in [5.41, 5.74) is -0.0295. The first-order valence-electron chi connectivity index (χ1n) is 5.58. The van der Waals surface area contributed by atoms with Gasteiger partial charge in [0.2, 0.25) is 11.1 Å². The third kappa shape index (κ3) is 2.53. The molecule has 1 aromatic carbocycles. The fraction of sp³-hybridized carbons (Fsp3) is 0.167. The normalized spacial score (nSPS) is 10.4. The zero-order valence-electron chi connectivity index (χ0n) is 10.7. The van der Waals surface area contributed by atoms with Gasteiger partial charge in [-0.1, -0.05) is 12.1 Å². The van der Waals surface area contributed by atoms with Gasteiger partial charge in [-0.2, -0.15) is 4.98 Å². The summed E-state index contributed by atoms with van der Waals surface area (Å²) in [4.78, 5) is 19.4. The van der Waals surface area contributed by atoms with Crippen LogP contribution in [0.15, 0.2) is 24.3 Å². The minimum absolute atomic E-state index is 0.0578. The Labute approximate surface area is 119 Å². The summed E-state index contributed by atoms with van der Waals surface area (Å²) in [7, 11) is 1.48. The summed E-state index contributed by atoms with van der Waals surface area (Å²) in [6.45, 7) is 1.45. The van der Waals surface area contributed by atoms with Gasteiger partial charge in [-0.05, 0) is 30.7 Å². The molecule has 0 bridgehead atoms. The second-order valence-corrected chi connectivity index (χ2v) is 4.36. The van der Waals surface area contributed by atoms with E-state index in [2.05, 4.69) is 9.97 Å². The van der Waals surface area contributed by atoms with Crippen LogP contribution >= 0.6 is 11.6 Å². The van der Waals surface area contributed by atoms with E-state index in [1.807, 2.05) is 0 Å². The van der Waals surface area contributed by atoms with Crippen molar-refractivity contribution in [2.45, 2.75) is 6.92 Å². The molecule has 0 radical (unpaired) electrons. The number of aromatic nitrogens is 2. The van der Waals surface area contributed by atoms with Crippen molar-refractivity contribution in [3.63, 3.8) is 0 Å². The van der Waals surface area contributed by atoms with Crippen LogP contribution in [0, 0.1) is 22.9 Å². The SMILES string of the molecule is Cc1nc(Cl)nc(N(C)c2ccccc2F)c1[N+](=O)[O-]. The molecule has 0 aliphatic rings. The average Bonchev–Trinajstić information content (AvgIpc) is 2.37. The first-order valence-corrected chi connectivity index (χ1v) is 5.96.